The molecule has 0 saturated carbocycles. The van der Waals surface area contributed by atoms with Crippen molar-refractivity contribution in [3.63, 3.8) is 0 Å². The van der Waals surface area contributed by atoms with Gasteiger partial charge in [-0.1, -0.05) is 0 Å². The van der Waals surface area contributed by atoms with Crippen LogP contribution in [0.1, 0.15) is 10.5 Å². The third-order valence-corrected chi connectivity index (χ3v) is 2.71. The van der Waals surface area contributed by atoms with E-state index >= 15 is 0 Å². The molecule has 98 valence electrons. The molecule has 1 aliphatic heterocycles. The lowest BCUT2D eigenvalue weighted by Gasteiger charge is -2.26. The van der Waals surface area contributed by atoms with Crippen molar-refractivity contribution >= 4 is 11.8 Å². The van der Waals surface area contributed by atoms with Crippen LogP contribution < -0.4 is 5.32 Å². The molecular weight excluding hydrogens is 236 g/mol. The van der Waals surface area contributed by atoms with Gasteiger partial charge in [0, 0.05) is 26.2 Å². The van der Waals surface area contributed by atoms with Gasteiger partial charge in [0.15, 0.2) is 5.69 Å². The Hall–Kier alpha value is -1.73. The van der Waals surface area contributed by atoms with Crippen molar-refractivity contribution in [1.29, 1.82) is 0 Å². The van der Waals surface area contributed by atoms with Gasteiger partial charge in [-0.3, -0.25) is 4.90 Å². The second kappa shape index (κ2) is 6.27. The topological polar surface area (TPSA) is 87.6 Å². The van der Waals surface area contributed by atoms with E-state index in [1.807, 2.05) is 0 Å². The number of carbonyl (C=O) groups is 1. The Kier molecular flexibility index (Phi) is 4.43. The van der Waals surface area contributed by atoms with Crippen LogP contribution in [0.25, 0.3) is 0 Å². The molecule has 1 aromatic heterocycles. The van der Waals surface area contributed by atoms with Crippen LogP contribution in [0.15, 0.2) is 12.4 Å². The van der Waals surface area contributed by atoms with Crippen molar-refractivity contribution in [1.82, 2.24) is 14.9 Å². The zero-order valence-corrected chi connectivity index (χ0v) is 10.0. The molecule has 0 unspecified atom stereocenters. The number of aromatic nitrogens is 2. The van der Waals surface area contributed by atoms with Crippen LogP contribution >= 0.6 is 0 Å². The molecule has 1 aromatic rings. The minimum atomic E-state index is -1.07. The predicted octanol–water partition coefficient (Wildman–Crippen LogP) is -0.0811. The zero-order valence-electron chi connectivity index (χ0n) is 10.0. The van der Waals surface area contributed by atoms with Crippen molar-refractivity contribution < 1.29 is 14.6 Å². The van der Waals surface area contributed by atoms with Gasteiger partial charge in [0.1, 0.15) is 5.82 Å². The van der Waals surface area contributed by atoms with Crippen LogP contribution in [0.4, 0.5) is 5.82 Å². The Bertz CT molecular complexity index is 390. The smallest absolute Gasteiger partial charge is 0.356 e. The summed E-state index contributed by atoms with van der Waals surface area (Å²) in [7, 11) is 0. The van der Waals surface area contributed by atoms with Crippen LogP contribution in [0.5, 0.6) is 0 Å². The Morgan fingerprint density at radius 1 is 1.39 bits per heavy atom. The number of morpholine rings is 1. The number of carboxylic acids is 1. The predicted molar refractivity (Wildman–Crippen MR) is 64.7 cm³/mol. The Morgan fingerprint density at radius 2 is 2.17 bits per heavy atom. The van der Waals surface area contributed by atoms with Crippen molar-refractivity contribution in [2.45, 2.75) is 0 Å². The Balaban J connectivity index is 1.74. The molecule has 0 spiro atoms. The number of anilines is 1. The summed E-state index contributed by atoms with van der Waals surface area (Å²) in [4.78, 5) is 20.7. The number of nitrogens with zero attached hydrogens (tertiary/aromatic N) is 3. The van der Waals surface area contributed by atoms with Gasteiger partial charge in [-0.05, 0) is 0 Å². The number of nitrogens with one attached hydrogen (secondary N) is 1. The van der Waals surface area contributed by atoms with E-state index in [2.05, 4.69) is 20.2 Å². The highest BCUT2D eigenvalue weighted by Gasteiger charge is 2.09. The summed E-state index contributed by atoms with van der Waals surface area (Å²) in [5.41, 5.74) is -0.0475. The summed E-state index contributed by atoms with van der Waals surface area (Å²) in [6.45, 7) is 5.13. The molecule has 0 amide bonds. The van der Waals surface area contributed by atoms with E-state index in [-0.39, 0.29) is 5.69 Å². The second-order valence-electron chi connectivity index (χ2n) is 3.97. The maximum absolute atomic E-state index is 10.6. The van der Waals surface area contributed by atoms with Crippen LogP contribution in [0.3, 0.4) is 0 Å². The first-order chi connectivity index (χ1) is 8.75. The highest BCUT2D eigenvalue weighted by molar-refractivity contribution is 5.84. The average Bonchev–Trinajstić information content (AvgIpc) is 2.40. The number of ether oxygens (including phenoxy) is 1. The fourth-order valence-electron chi connectivity index (χ4n) is 1.70. The van der Waals surface area contributed by atoms with Crippen LogP contribution in [0.2, 0.25) is 0 Å². The third kappa shape index (κ3) is 3.64. The summed E-state index contributed by atoms with van der Waals surface area (Å²) in [6.07, 6.45) is 2.68. The van der Waals surface area contributed by atoms with E-state index < -0.39 is 5.97 Å². The lowest BCUT2D eigenvalue weighted by atomic mass is 10.4. The lowest BCUT2D eigenvalue weighted by Crippen LogP contribution is -2.39. The summed E-state index contributed by atoms with van der Waals surface area (Å²) in [6, 6.07) is 0. The summed E-state index contributed by atoms with van der Waals surface area (Å²) in [5.74, 6) is -0.476. The van der Waals surface area contributed by atoms with E-state index in [1.165, 1.54) is 12.4 Å². The van der Waals surface area contributed by atoms with E-state index in [4.69, 9.17) is 9.84 Å². The molecule has 0 bridgehead atoms. The molecule has 1 fully saturated rings. The number of carboxylic acid groups (broad SMARTS) is 1. The van der Waals surface area contributed by atoms with Crippen molar-refractivity contribution in [2.75, 3.05) is 44.7 Å². The fourth-order valence-corrected chi connectivity index (χ4v) is 1.70. The van der Waals surface area contributed by atoms with Gasteiger partial charge < -0.3 is 15.2 Å². The molecule has 0 aromatic carbocycles. The fraction of sp³-hybridized carbons (Fsp3) is 0.545. The van der Waals surface area contributed by atoms with Crippen molar-refractivity contribution in [2.24, 2.45) is 0 Å². The first-order valence-electron chi connectivity index (χ1n) is 5.85. The van der Waals surface area contributed by atoms with Gasteiger partial charge in [-0.25, -0.2) is 14.8 Å². The molecule has 7 heteroatoms. The van der Waals surface area contributed by atoms with Gasteiger partial charge in [0.05, 0.1) is 25.6 Å². The number of aromatic carboxylic acids is 1. The van der Waals surface area contributed by atoms with Crippen LogP contribution in [-0.2, 0) is 4.74 Å². The molecule has 0 radical (unpaired) electrons. The molecule has 2 N–H and O–H groups in total. The zero-order chi connectivity index (χ0) is 12.8. The van der Waals surface area contributed by atoms with E-state index in [0.29, 0.717) is 5.82 Å². The van der Waals surface area contributed by atoms with Gasteiger partial charge in [0.25, 0.3) is 0 Å². The second-order valence-corrected chi connectivity index (χ2v) is 3.97. The monoisotopic (exact) mass is 252 g/mol. The Morgan fingerprint density at radius 3 is 2.78 bits per heavy atom. The number of hydrogen-bond donors (Lipinski definition) is 2. The van der Waals surface area contributed by atoms with Crippen LogP contribution in [0, 0.1) is 0 Å². The first-order valence-corrected chi connectivity index (χ1v) is 5.85. The molecule has 0 aliphatic carbocycles. The maximum Gasteiger partial charge on any atom is 0.356 e. The first kappa shape index (κ1) is 12.7. The van der Waals surface area contributed by atoms with E-state index in [1.54, 1.807) is 0 Å². The number of hydrogen-bond acceptors (Lipinski definition) is 6. The molecule has 2 rings (SSSR count). The van der Waals surface area contributed by atoms with Crippen LogP contribution in [-0.4, -0.2) is 65.3 Å². The lowest BCUT2D eigenvalue weighted by molar-refractivity contribution is 0.0398. The van der Waals surface area contributed by atoms with Gasteiger partial charge >= 0.3 is 5.97 Å². The minimum Gasteiger partial charge on any atom is -0.476 e. The largest absolute Gasteiger partial charge is 0.476 e. The molecule has 18 heavy (non-hydrogen) atoms. The molecule has 2 heterocycles. The average molecular weight is 252 g/mol. The van der Waals surface area contributed by atoms with Crippen molar-refractivity contribution in [3.05, 3.63) is 18.1 Å². The molecule has 1 saturated heterocycles. The molecule has 0 atom stereocenters. The molecule has 1 aliphatic rings. The van der Waals surface area contributed by atoms with Gasteiger partial charge in [-0.2, -0.15) is 0 Å². The Labute approximate surface area is 105 Å². The molecular formula is C11H16N4O3. The minimum absolute atomic E-state index is 0.0475. The van der Waals surface area contributed by atoms with Gasteiger partial charge in [-0.15, -0.1) is 0 Å². The summed E-state index contributed by atoms with van der Waals surface area (Å²) >= 11 is 0. The van der Waals surface area contributed by atoms with E-state index in [0.717, 1.165) is 39.4 Å². The summed E-state index contributed by atoms with van der Waals surface area (Å²) in [5, 5.41) is 11.8. The molecule has 7 nitrogen and oxygen atoms in total. The quantitative estimate of drug-likeness (QED) is 0.757. The van der Waals surface area contributed by atoms with Gasteiger partial charge in [0.2, 0.25) is 0 Å². The summed E-state index contributed by atoms with van der Waals surface area (Å²) < 4.78 is 5.26. The third-order valence-electron chi connectivity index (χ3n) is 2.71. The normalized spacial score (nSPS) is 16.4. The standard InChI is InChI=1S/C11H16N4O3/c16-11(17)9-7-14-10(8-13-9)12-1-2-15-3-5-18-6-4-15/h7-8H,1-6H2,(H,12,14)(H,16,17). The van der Waals surface area contributed by atoms with E-state index in [9.17, 15) is 4.79 Å². The highest BCUT2D eigenvalue weighted by atomic mass is 16.5. The SMILES string of the molecule is O=C(O)c1cnc(NCCN2CCOCC2)cn1. The van der Waals surface area contributed by atoms with Crippen molar-refractivity contribution in [3.8, 4) is 0 Å². The highest BCUT2D eigenvalue weighted by Crippen LogP contribution is 2.01. The number of rotatable bonds is 5. The maximum atomic E-state index is 10.6.